The van der Waals surface area contributed by atoms with Crippen LogP contribution in [0.25, 0.3) is 0 Å². The van der Waals surface area contributed by atoms with Gasteiger partial charge < -0.3 is 16.0 Å². The highest BCUT2D eigenvalue weighted by atomic mass is 35.5. The maximum atomic E-state index is 13.2. The van der Waals surface area contributed by atoms with E-state index in [1.165, 1.54) is 9.47 Å². The van der Waals surface area contributed by atoms with Crippen molar-refractivity contribution in [3.8, 4) is 0 Å². The van der Waals surface area contributed by atoms with E-state index in [0.717, 1.165) is 5.56 Å². The molecule has 0 radical (unpaired) electrons. The lowest BCUT2D eigenvalue weighted by atomic mass is 10.2. The molecule has 2 aromatic carbocycles. The van der Waals surface area contributed by atoms with Crippen molar-refractivity contribution in [2.75, 3.05) is 29.0 Å². The topological polar surface area (TPSA) is 113 Å². The third-order valence-corrected chi connectivity index (χ3v) is 5.26. The van der Waals surface area contributed by atoms with E-state index < -0.39 is 17.2 Å². The highest BCUT2D eigenvalue weighted by Gasteiger charge is 2.25. The van der Waals surface area contributed by atoms with Crippen molar-refractivity contribution in [1.82, 2.24) is 9.55 Å². The Bertz CT molecular complexity index is 1230. The summed E-state index contributed by atoms with van der Waals surface area (Å²) in [6.07, 6.45) is 0. The zero-order valence-electron chi connectivity index (χ0n) is 18.3. The Hall–Kier alpha value is -3.23. The summed E-state index contributed by atoms with van der Waals surface area (Å²) in [4.78, 5) is 42.0. The molecule has 1 aromatic heterocycles. The maximum Gasteiger partial charge on any atom is 0.330 e. The molecule has 0 aliphatic heterocycles. The van der Waals surface area contributed by atoms with Crippen molar-refractivity contribution in [2.24, 2.45) is 5.92 Å². The summed E-state index contributed by atoms with van der Waals surface area (Å²) in [6, 6.07) is 14.1. The number of rotatable bonds is 8. The lowest BCUT2D eigenvalue weighted by Gasteiger charge is -2.26. The van der Waals surface area contributed by atoms with Crippen LogP contribution in [0.3, 0.4) is 0 Å². The highest BCUT2D eigenvalue weighted by molar-refractivity contribution is 6.35. The fourth-order valence-electron chi connectivity index (χ4n) is 3.37. The number of hydrogen-bond acceptors (Lipinski definition) is 5. The lowest BCUT2D eigenvalue weighted by Crippen LogP contribution is -2.44. The van der Waals surface area contributed by atoms with Gasteiger partial charge in [0, 0.05) is 22.3 Å². The highest BCUT2D eigenvalue weighted by Crippen LogP contribution is 2.23. The average Bonchev–Trinajstić information content (AvgIpc) is 2.74. The van der Waals surface area contributed by atoms with Crippen molar-refractivity contribution in [3.05, 3.63) is 85.0 Å². The van der Waals surface area contributed by atoms with Gasteiger partial charge >= 0.3 is 5.69 Å². The number of amides is 1. The SMILES string of the molecule is CC(C)CN(C(=O)CNc1cc(Cl)cc(Cl)c1)c1c(N)n(Cc2ccccc2)c(=O)[nH]c1=O. The summed E-state index contributed by atoms with van der Waals surface area (Å²) in [6.45, 7) is 4.07. The summed E-state index contributed by atoms with van der Waals surface area (Å²) in [5.74, 6) is -0.447. The van der Waals surface area contributed by atoms with Crippen LogP contribution < -0.4 is 27.2 Å². The van der Waals surface area contributed by atoms with Crippen LogP contribution in [0.5, 0.6) is 0 Å². The molecule has 33 heavy (non-hydrogen) atoms. The fourth-order valence-corrected chi connectivity index (χ4v) is 3.90. The molecule has 0 spiro atoms. The van der Waals surface area contributed by atoms with Crippen molar-refractivity contribution in [3.63, 3.8) is 0 Å². The smallest absolute Gasteiger partial charge is 0.330 e. The number of carbonyl (C=O) groups is 1. The van der Waals surface area contributed by atoms with E-state index in [-0.39, 0.29) is 37.1 Å². The first-order valence-corrected chi connectivity index (χ1v) is 11.1. The van der Waals surface area contributed by atoms with Gasteiger partial charge in [0.2, 0.25) is 5.91 Å². The van der Waals surface area contributed by atoms with Crippen LogP contribution in [0.2, 0.25) is 10.0 Å². The number of benzene rings is 2. The fraction of sp³-hybridized carbons (Fsp3) is 0.261. The number of aromatic nitrogens is 2. The summed E-state index contributed by atoms with van der Waals surface area (Å²) in [7, 11) is 0. The zero-order valence-corrected chi connectivity index (χ0v) is 19.8. The number of nitrogen functional groups attached to an aromatic ring is 1. The molecule has 10 heteroatoms. The third-order valence-electron chi connectivity index (χ3n) is 4.82. The largest absolute Gasteiger partial charge is 0.383 e. The van der Waals surface area contributed by atoms with E-state index >= 15 is 0 Å². The summed E-state index contributed by atoms with van der Waals surface area (Å²) < 4.78 is 1.25. The number of nitrogens with one attached hydrogen (secondary N) is 2. The number of H-pyrrole nitrogens is 1. The number of halogens is 2. The Morgan fingerprint density at radius 2 is 1.76 bits per heavy atom. The molecule has 0 aliphatic carbocycles. The lowest BCUT2D eigenvalue weighted by molar-refractivity contribution is -0.117. The van der Waals surface area contributed by atoms with Crippen LogP contribution in [0.1, 0.15) is 19.4 Å². The Morgan fingerprint density at radius 1 is 1.12 bits per heavy atom. The normalized spacial score (nSPS) is 10.9. The molecule has 0 saturated carbocycles. The Balaban J connectivity index is 1.95. The Morgan fingerprint density at radius 3 is 2.36 bits per heavy atom. The van der Waals surface area contributed by atoms with E-state index in [4.69, 9.17) is 28.9 Å². The molecule has 3 rings (SSSR count). The maximum absolute atomic E-state index is 13.2. The average molecular weight is 490 g/mol. The summed E-state index contributed by atoms with van der Waals surface area (Å²) in [5, 5.41) is 3.82. The summed E-state index contributed by atoms with van der Waals surface area (Å²) >= 11 is 12.0. The molecule has 0 bridgehead atoms. The molecular formula is C23H25Cl2N5O3. The summed E-state index contributed by atoms with van der Waals surface area (Å²) in [5.41, 5.74) is 6.24. The monoisotopic (exact) mass is 489 g/mol. The number of nitrogens with zero attached hydrogens (tertiary/aromatic N) is 2. The van der Waals surface area contributed by atoms with Gasteiger partial charge in [-0.05, 0) is 29.7 Å². The number of carbonyl (C=O) groups excluding carboxylic acids is 1. The van der Waals surface area contributed by atoms with E-state index in [9.17, 15) is 14.4 Å². The van der Waals surface area contributed by atoms with Crippen LogP contribution in [-0.4, -0.2) is 28.5 Å². The third kappa shape index (κ3) is 6.18. The van der Waals surface area contributed by atoms with Crippen molar-refractivity contribution < 1.29 is 4.79 Å². The molecule has 0 saturated heterocycles. The molecule has 174 valence electrons. The van der Waals surface area contributed by atoms with Gasteiger partial charge in [0.25, 0.3) is 5.56 Å². The van der Waals surface area contributed by atoms with Gasteiger partial charge in [0.05, 0.1) is 13.1 Å². The Labute approximate surface area is 200 Å². The molecule has 1 amide bonds. The first kappa shape index (κ1) is 24.4. The molecule has 3 aromatic rings. The van der Waals surface area contributed by atoms with Gasteiger partial charge in [-0.15, -0.1) is 0 Å². The van der Waals surface area contributed by atoms with Gasteiger partial charge in [-0.2, -0.15) is 0 Å². The van der Waals surface area contributed by atoms with Crippen LogP contribution in [0.4, 0.5) is 17.2 Å². The predicted molar refractivity (Wildman–Crippen MR) is 133 cm³/mol. The van der Waals surface area contributed by atoms with Gasteiger partial charge in [-0.1, -0.05) is 67.4 Å². The minimum absolute atomic E-state index is 0.0304. The molecule has 8 nitrogen and oxygen atoms in total. The second kappa shape index (κ2) is 10.6. The molecule has 0 unspecified atom stereocenters. The van der Waals surface area contributed by atoms with E-state index in [1.54, 1.807) is 18.2 Å². The molecule has 0 aliphatic rings. The minimum atomic E-state index is -0.721. The number of hydrogen-bond donors (Lipinski definition) is 3. The molecular weight excluding hydrogens is 465 g/mol. The number of aromatic amines is 1. The predicted octanol–water partition coefficient (Wildman–Crippen LogP) is 3.58. The molecule has 4 N–H and O–H groups in total. The van der Waals surface area contributed by atoms with Crippen molar-refractivity contribution >= 4 is 46.3 Å². The first-order chi connectivity index (χ1) is 15.7. The standard InChI is InChI=1S/C23H25Cl2N5O3/c1-14(2)12-29(19(31)11-27-18-9-16(24)8-17(25)10-18)20-21(26)30(23(33)28-22(20)32)13-15-6-4-3-5-7-15/h3-10,14,27H,11-13,26H2,1-2H3,(H,28,32,33). The number of anilines is 3. The first-order valence-electron chi connectivity index (χ1n) is 10.3. The molecule has 1 heterocycles. The van der Waals surface area contributed by atoms with Gasteiger partial charge in [0.15, 0.2) is 5.69 Å². The Kier molecular flexibility index (Phi) is 7.84. The van der Waals surface area contributed by atoms with E-state index in [0.29, 0.717) is 15.7 Å². The zero-order chi connectivity index (χ0) is 24.1. The van der Waals surface area contributed by atoms with Crippen molar-refractivity contribution in [1.29, 1.82) is 0 Å². The quantitative estimate of drug-likeness (QED) is 0.447. The van der Waals surface area contributed by atoms with Crippen LogP contribution in [-0.2, 0) is 11.3 Å². The van der Waals surface area contributed by atoms with Crippen LogP contribution in [0.15, 0.2) is 58.1 Å². The van der Waals surface area contributed by atoms with Crippen LogP contribution >= 0.6 is 23.2 Å². The minimum Gasteiger partial charge on any atom is -0.383 e. The second-order valence-corrected chi connectivity index (χ2v) is 8.85. The van der Waals surface area contributed by atoms with Crippen LogP contribution in [0, 0.1) is 5.92 Å². The van der Waals surface area contributed by atoms with Crippen molar-refractivity contribution in [2.45, 2.75) is 20.4 Å². The van der Waals surface area contributed by atoms with E-state index in [1.807, 2.05) is 44.2 Å². The van der Waals surface area contributed by atoms with Gasteiger partial charge in [0.1, 0.15) is 5.82 Å². The van der Waals surface area contributed by atoms with Gasteiger partial charge in [-0.25, -0.2) is 4.79 Å². The molecule has 0 fully saturated rings. The number of nitrogens with two attached hydrogens (primary N) is 1. The second-order valence-electron chi connectivity index (χ2n) is 7.97. The van der Waals surface area contributed by atoms with Gasteiger partial charge in [-0.3, -0.25) is 19.1 Å². The molecule has 0 atom stereocenters. The van der Waals surface area contributed by atoms with E-state index in [2.05, 4.69) is 10.3 Å².